The van der Waals surface area contributed by atoms with Crippen LogP contribution in [0.2, 0.25) is 0 Å². The predicted molar refractivity (Wildman–Crippen MR) is 62.0 cm³/mol. The molecule has 0 aliphatic rings. The number of nitrogen functional groups attached to an aromatic ring is 1. The summed E-state index contributed by atoms with van der Waals surface area (Å²) in [6.45, 7) is 0. The molecule has 3 N–H and O–H groups in total. The summed E-state index contributed by atoms with van der Waals surface area (Å²) >= 11 is 0. The predicted octanol–water partition coefficient (Wildman–Crippen LogP) is 2.43. The fourth-order valence-corrected chi connectivity index (χ4v) is 1.33. The smallest absolute Gasteiger partial charge is 0.337 e. The molecule has 0 amide bonds. The van der Waals surface area contributed by atoms with Crippen molar-refractivity contribution in [1.82, 2.24) is 4.98 Å². The lowest BCUT2D eigenvalue weighted by atomic mass is 10.2. The highest BCUT2D eigenvalue weighted by atomic mass is 19.1. The number of carbonyl (C=O) groups is 1. The number of nitrogens with zero attached hydrogens (tertiary/aromatic N) is 1. The molecule has 1 heterocycles. The number of aromatic carboxylic acids is 1. The molecule has 1 aromatic heterocycles. The number of aromatic nitrogens is 1. The maximum Gasteiger partial charge on any atom is 0.337 e. The number of anilines is 1. The molecule has 0 unspecified atom stereocenters. The van der Waals surface area contributed by atoms with E-state index in [0.717, 1.165) is 30.5 Å². The van der Waals surface area contributed by atoms with Crippen LogP contribution in [-0.4, -0.2) is 16.1 Å². The molecule has 1 aromatic carbocycles. The number of hydrogen-bond acceptors (Lipinski definition) is 4. The van der Waals surface area contributed by atoms with E-state index in [0.29, 0.717) is 0 Å². The topological polar surface area (TPSA) is 85.4 Å². The summed E-state index contributed by atoms with van der Waals surface area (Å²) in [6.07, 6.45) is 1.01. The first-order valence-electron chi connectivity index (χ1n) is 5.09. The van der Waals surface area contributed by atoms with E-state index in [2.05, 4.69) is 4.98 Å². The Hall–Kier alpha value is -2.70. The zero-order chi connectivity index (χ0) is 14.0. The van der Waals surface area contributed by atoms with Crippen LogP contribution in [0.5, 0.6) is 11.6 Å². The van der Waals surface area contributed by atoms with Gasteiger partial charge in [0.15, 0.2) is 11.6 Å². The summed E-state index contributed by atoms with van der Waals surface area (Å²) < 4.78 is 31.3. The van der Waals surface area contributed by atoms with Crippen LogP contribution in [-0.2, 0) is 0 Å². The molecule has 0 aliphatic heterocycles. The Labute approximate surface area is 106 Å². The van der Waals surface area contributed by atoms with Crippen molar-refractivity contribution in [1.29, 1.82) is 0 Å². The quantitative estimate of drug-likeness (QED) is 0.891. The highest BCUT2D eigenvalue weighted by molar-refractivity contribution is 5.88. The summed E-state index contributed by atoms with van der Waals surface area (Å²) in [5.74, 6) is -3.26. The van der Waals surface area contributed by atoms with Gasteiger partial charge in [-0.05, 0) is 18.2 Å². The number of halogens is 2. The lowest BCUT2D eigenvalue weighted by molar-refractivity contribution is 0.0696. The van der Waals surface area contributed by atoms with Crippen molar-refractivity contribution in [2.45, 2.75) is 0 Å². The van der Waals surface area contributed by atoms with Crippen LogP contribution >= 0.6 is 0 Å². The standard InChI is InChI=1S/C12H8F2N2O3/c13-7-1-2-8(14)10(4-7)19-11-9(15)3-6(5-16-11)12(17)18/h1-5H,15H2,(H,17,18). The monoisotopic (exact) mass is 266 g/mol. The Morgan fingerprint density at radius 1 is 1.32 bits per heavy atom. The first kappa shape index (κ1) is 12.7. The molecule has 2 aromatic rings. The van der Waals surface area contributed by atoms with Gasteiger partial charge in [0.05, 0.1) is 11.3 Å². The molecule has 0 spiro atoms. The molecule has 0 saturated carbocycles. The van der Waals surface area contributed by atoms with Gasteiger partial charge < -0.3 is 15.6 Å². The van der Waals surface area contributed by atoms with Gasteiger partial charge in [-0.1, -0.05) is 0 Å². The van der Waals surface area contributed by atoms with Crippen molar-refractivity contribution in [3.05, 3.63) is 47.7 Å². The SMILES string of the molecule is Nc1cc(C(=O)O)cnc1Oc1cc(F)ccc1F. The second-order valence-corrected chi connectivity index (χ2v) is 3.60. The van der Waals surface area contributed by atoms with Gasteiger partial charge >= 0.3 is 5.97 Å². The van der Waals surface area contributed by atoms with Gasteiger partial charge in [-0.2, -0.15) is 0 Å². The Morgan fingerprint density at radius 3 is 2.68 bits per heavy atom. The third-order valence-electron chi connectivity index (χ3n) is 2.23. The third-order valence-corrected chi connectivity index (χ3v) is 2.23. The minimum atomic E-state index is -1.21. The lowest BCUT2D eigenvalue weighted by Gasteiger charge is -2.08. The molecule has 0 atom stereocenters. The number of benzene rings is 1. The number of carboxylic acid groups (broad SMARTS) is 1. The number of nitrogens with two attached hydrogens (primary N) is 1. The van der Waals surface area contributed by atoms with Crippen LogP contribution in [0.4, 0.5) is 14.5 Å². The second-order valence-electron chi connectivity index (χ2n) is 3.60. The second kappa shape index (κ2) is 4.89. The van der Waals surface area contributed by atoms with Crippen LogP contribution in [0.25, 0.3) is 0 Å². The molecule has 0 fully saturated rings. The zero-order valence-corrected chi connectivity index (χ0v) is 9.43. The Kier molecular flexibility index (Phi) is 3.28. The van der Waals surface area contributed by atoms with E-state index >= 15 is 0 Å². The Bertz CT molecular complexity index is 647. The number of hydrogen-bond donors (Lipinski definition) is 2. The Morgan fingerprint density at radius 2 is 2.05 bits per heavy atom. The van der Waals surface area contributed by atoms with Gasteiger partial charge in [0.1, 0.15) is 5.82 Å². The van der Waals surface area contributed by atoms with Crippen LogP contribution in [0.1, 0.15) is 10.4 Å². The summed E-state index contributed by atoms with van der Waals surface area (Å²) in [6, 6.07) is 3.78. The molecule has 98 valence electrons. The van der Waals surface area contributed by atoms with Crippen molar-refractivity contribution in [2.75, 3.05) is 5.73 Å². The highest BCUT2D eigenvalue weighted by Crippen LogP contribution is 2.28. The van der Waals surface area contributed by atoms with E-state index in [1.165, 1.54) is 0 Å². The fraction of sp³-hybridized carbons (Fsp3) is 0. The van der Waals surface area contributed by atoms with E-state index in [9.17, 15) is 13.6 Å². The molecule has 0 bridgehead atoms. The van der Waals surface area contributed by atoms with Crippen molar-refractivity contribution in [3.8, 4) is 11.6 Å². The first-order valence-corrected chi connectivity index (χ1v) is 5.09. The Balaban J connectivity index is 2.33. The van der Waals surface area contributed by atoms with Gasteiger partial charge in [-0.25, -0.2) is 18.6 Å². The summed E-state index contributed by atoms with van der Waals surface area (Å²) in [5, 5.41) is 8.72. The van der Waals surface area contributed by atoms with Gasteiger partial charge in [-0.15, -0.1) is 0 Å². The van der Waals surface area contributed by atoms with Gasteiger partial charge in [-0.3, -0.25) is 0 Å². The van der Waals surface area contributed by atoms with E-state index in [4.69, 9.17) is 15.6 Å². The van der Waals surface area contributed by atoms with Crippen molar-refractivity contribution < 1.29 is 23.4 Å². The third kappa shape index (κ3) is 2.76. The summed E-state index contributed by atoms with van der Waals surface area (Å²) in [5.41, 5.74) is 5.30. The minimum Gasteiger partial charge on any atom is -0.478 e. The molecule has 0 radical (unpaired) electrons. The zero-order valence-electron chi connectivity index (χ0n) is 9.43. The maximum atomic E-state index is 13.3. The normalized spacial score (nSPS) is 10.2. The van der Waals surface area contributed by atoms with Gasteiger partial charge in [0, 0.05) is 12.3 Å². The number of rotatable bonds is 3. The van der Waals surface area contributed by atoms with E-state index in [-0.39, 0.29) is 22.9 Å². The molecular weight excluding hydrogens is 258 g/mol. The van der Waals surface area contributed by atoms with Gasteiger partial charge in [0.2, 0.25) is 5.88 Å². The number of carboxylic acids is 1. The molecule has 2 rings (SSSR count). The van der Waals surface area contributed by atoms with Crippen LogP contribution in [0, 0.1) is 11.6 Å². The number of ether oxygens (including phenoxy) is 1. The van der Waals surface area contributed by atoms with Crippen LogP contribution in [0.15, 0.2) is 30.5 Å². The molecule has 19 heavy (non-hydrogen) atoms. The largest absolute Gasteiger partial charge is 0.478 e. The molecule has 7 heteroatoms. The molecule has 0 saturated heterocycles. The van der Waals surface area contributed by atoms with Gasteiger partial charge in [0.25, 0.3) is 0 Å². The van der Waals surface area contributed by atoms with Crippen LogP contribution < -0.4 is 10.5 Å². The lowest BCUT2D eigenvalue weighted by Crippen LogP contribution is -2.02. The highest BCUT2D eigenvalue weighted by Gasteiger charge is 2.12. The number of pyridine rings is 1. The van der Waals surface area contributed by atoms with Crippen molar-refractivity contribution in [3.63, 3.8) is 0 Å². The van der Waals surface area contributed by atoms with Crippen LogP contribution in [0.3, 0.4) is 0 Å². The van der Waals surface area contributed by atoms with Crippen molar-refractivity contribution in [2.24, 2.45) is 0 Å². The minimum absolute atomic E-state index is 0.0939. The fourth-order valence-electron chi connectivity index (χ4n) is 1.33. The average Bonchev–Trinajstić information content (AvgIpc) is 2.36. The maximum absolute atomic E-state index is 13.3. The summed E-state index contributed by atoms with van der Waals surface area (Å²) in [7, 11) is 0. The van der Waals surface area contributed by atoms with E-state index in [1.807, 2.05) is 0 Å². The van der Waals surface area contributed by atoms with Crippen molar-refractivity contribution >= 4 is 11.7 Å². The molecule has 0 aliphatic carbocycles. The molecule has 5 nitrogen and oxygen atoms in total. The van der Waals surface area contributed by atoms with E-state index in [1.54, 1.807) is 0 Å². The first-order chi connectivity index (χ1) is 8.97. The average molecular weight is 266 g/mol. The van der Waals surface area contributed by atoms with E-state index < -0.39 is 17.6 Å². The molecular formula is C12H8F2N2O3. The summed E-state index contributed by atoms with van der Waals surface area (Å²) in [4.78, 5) is 14.3.